The van der Waals surface area contributed by atoms with Crippen LogP contribution in [-0.2, 0) is 43.2 Å². The molecule has 0 spiro atoms. The lowest BCUT2D eigenvalue weighted by Gasteiger charge is -2.29. The van der Waals surface area contributed by atoms with Gasteiger partial charge >= 0.3 is 11.9 Å². The number of aliphatic hydroxyl groups is 2. The first kappa shape index (κ1) is 58.3. The minimum Gasteiger partial charge on any atom is -0.481 e. The van der Waals surface area contributed by atoms with Gasteiger partial charge in [0, 0.05) is 31.0 Å². The number of carboxylic acids is 2. The third-order valence-electron chi connectivity index (χ3n) is 9.19. The Balaban J connectivity index is 6.77. The highest BCUT2D eigenvalue weighted by Gasteiger charge is 2.35. The number of amides is 7. The molecule has 7 amide bonds. The number of aliphatic imine (C=N–C) groups is 2. The molecule has 0 saturated heterocycles. The highest BCUT2D eigenvalue weighted by molar-refractivity contribution is 7.80. The molecule has 0 aliphatic rings. The van der Waals surface area contributed by atoms with Crippen LogP contribution in [0.15, 0.2) is 9.98 Å². The van der Waals surface area contributed by atoms with Gasteiger partial charge in [-0.25, -0.2) is 4.79 Å². The van der Waals surface area contributed by atoms with Crippen molar-refractivity contribution in [2.75, 3.05) is 37.8 Å². The first-order valence-corrected chi connectivity index (χ1v) is 21.2. The van der Waals surface area contributed by atoms with Crippen molar-refractivity contribution in [2.24, 2.45) is 44.6 Å². The maximum Gasteiger partial charge on any atom is 0.327 e. The van der Waals surface area contributed by atoms with Crippen LogP contribution in [0.2, 0.25) is 0 Å². The zero-order chi connectivity index (χ0) is 49.1. The molecular weight excluding hydrogens is 889 g/mol. The number of nitrogens with zero attached hydrogens (tertiary/aromatic N) is 2. The molecule has 0 radical (unpaired) electrons. The van der Waals surface area contributed by atoms with E-state index in [1.54, 1.807) is 13.8 Å². The van der Waals surface area contributed by atoms with Crippen molar-refractivity contribution in [3.8, 4) is 0 Å². The highest BCUT2D eigenvalue weighted by Crippen LogP contribution is 2.11. The number of rotatable bonds is 32. The van der Waals surface area contributed by atoms with Crippen LogP contribution < -0.4 is 65.9 Å². The number of carboxylic acid groups (broad SMARTS) is 2. The fraction of sp³-hybridized carbons (Fsp3) is 0.686. The molecule has 0 bridgehead atoms. The van der Waals surface area contributed by atoms with Crippen LogP contribution in [0.4, 0.5) is 0 Å². The van der Waals surface area contributed by atoms with E-state index in [9.17, 15) is 63.6 Å². The summed E-state index contributed by atoms with van der Waals surface area (Å²) >= 11 is 7.78. The lowest BCUT2D eigenvalue weighted by molar-refractivity contribution is -0.142. The third-order valence-corrected chi connectivity index (χ3v) is 9.95. The summed E-state index contributed by atoms with van der Waals surface area (Å²) in [5, 5.41) is 54.7. The molecule has 0 aromatic carbocycles. The summed E-state index contributed by atoms with van der Waals surface area (Å²) in [5.41, 5.74) is 27.4. The summed E-state index contributed by atoms with van der Waals surface area (Å²) in [6, 6.07) is -12.0. The van der Waals surface area contributed by atoms with E-state index in [0.29, 0.717) is 6.42 Å². The Morgan fingerprint density at radius 1 is 0.547 bits per heavy atom. The molecular formula is C35H64N14O13S2. The van der Waals surface area contributed by atoms with Gasteiger partial charge in [0.25, 0.3) is 0 Å². The fourth-order valence-corrected chi connectivity index (χ4v) is 5.74. The number of thiol groups is 2. The summed E-state index contributed by atoms with van der Waals surface area (Å²) in [6.07, 6.45) is -1.19. The first-order valence-electron chi connectivity index (χ1n) is 19.9. The largest absolute Gasteiger partial charge is 0.481 e. The number of guanidine groups is 2. The van der Waals surface area contributed by atoms with Crippen molar-refractivity contribution in [2.45, 2.75) is 107 Å². The number of nitrogens with one attached hydrogen (secondary N) is 7. The summed E-state index contributed by atoms with van der Waals surface area (Å²) in [4.78, 5) is 124. The number of hydrogen-bond acceptors (Lipinski definition) is 16. The highest BCUT2D eigenvalue weighted by atomic mass is 32.1. The number of nitrogens with two attached hydrogens (primary N) is 5. The second kappa shape index (κ2) is 31.2. The summed E-state index contributed by atoms with van der Waals surface area (Å²) in [6.45, 7) is 1.35. The predicted molar refractivity (Wildman–Crippen MR) is 237 cm³/mol. The van der Waals surface area contributed by atoms with Gasteiger partial charge in [0.1, 0.15) is 42.3 Å². The van der Waals surface area contributed by atoms with E-state index >= 15 is 0 Å². The summed E-state index contributed by atoms with van der Waals surface area (Å²) < 4.78 is 0. The minimum atomic E-state index is -1.76. The smallest absolute Gasteiger partial charge is 0.327 e. The van der Waals surface area contributed by atoms with Gasteiger partial charge in [-0.3, -0.25) is 48.3 Å². The van der Waals surface area contributed by atoms with E-state index in [0.717, 1.165) is 0 Å². The molecule has 29 heteroatoms. The van der Waals surface area contributed by atoms with Crippen molar-refractivity contribution in [1.82, 2.24) is 37.2 Å². The number of carbonyl (C=O) groups is 9. The monoisotopic (exact) mass is 952 g/mol. The van der Waals surface area contributed by atoms with Crippen LogP contribution in [-0.4, -0.2) is 172 Å². The maximum atomic E-state index is 14.0. The van der Waals surface area contributed by atoms with Crippen LogP contribution in [0, 0.1) is 5.92 Å². The fourth-order valence-electron chi connectivity index (χ4n) is 5.32. The zero-order valence-corrected chi connectivity index (χ0v) is 37.3. The SMILES string of the molecule is CC[C@H](C)[C@H](NC(=O)[C@H](CO)NC(=O)[C@@H](N)CS)C(=O)N[C@@H](CCCN=C(N)N)C(=O)N[C@@H](CCCN=C(N)N)C(=O)N[C@@H](CCC(=O)O)C(=O)N[C@@H](CO)C(=O)N[C@@H](CS)C(=O)O. The Bertz CT molecular complexity index is 1650. The van der Waals surface area contributed by atoms with Gasteiger partial charge in [0.05, 0.1) is 19.3 Å². The van der Waals surface area contributed by atoms with Crippen LogP contribution in [0.5, 0.6) is 0 Å². The molecule has 9 atom stereocenters. The molecule has 0 aliphatic heterocycles. The number of aliphatic carboxylic acids is 2. The Morgan fingerprint density at radius 2 is 0.922 bits per heavy atom. The molecule has 0 unspecified atom stereocenters. The van der Waals surface area contributed by atoms with E-state index in [4.69, 9.17) is 28.7 Å². The molecule has 0 heterocycles. The van der Waals surface area contributed by atoms with Gasteiger partial charge in [0.15, 0.2) is 11.9 Å². The average Bonchev–Trinajstić information content (AvgIpc) is 3.24. The van der Waals surface area contributed by atoms with Crippen molar-refractivity contribution < 1.29 is 63.6 Å². The van der Waals surface area contributed by atoms with Gasteiger partial charge in [-0.15, -0.1) is 0 Å². The van der Waals surface area contributed by atoms with Gasteiger partial charge < -0.3 is 86.3 Å². The lowest BCUT2D eigenvalue weighted by Crippen LogP contribution is -2.61. The Hall–Kier alpha value is -5.65. The third kappa shape index (κ3) is 22.6. The van der Waals surface area contributed by atoms with Crippen molar-refractivity contribution in [3.05, 3.63) is 0 Å². The molecule has 27 nitrogen and oxygen atoms in total. The van der Waals surface area contributed by atoms with E-state index in [2.05, 4.69) is 72.5 Å². The molecule has 364 valence electrons. The molecule has 21 N–H and O–H groups in total. The molecule has 0 aliphatic carbocycles. The standard InChI is InChI=1S/C35H64N14O13S2/c1-3-16(2)25(49-31(59)22(13-51)46-26(54)17(36)14-63)32(60)45-19(7-5-11-42-35(39)40)28(56)43-18(6-4-10-41-34(37)38)27(55)44-20(8-9-24(52)53)29(57)47-21(12-50)30(58)48-23(15-64)33(61)62/h16-23,25,50-51,63-64H,3-15,36H2,1-2H3,(H,43,56)(H,44,55)(H,45,60)(H,46,54)(H,47,57)(H,48,58)(H,49,59)(H,52,53)(H,61,62)(H4,37,38,41)(H4,39,40,42)/t16-,17-,18-,19-,20-,21-,22-,23-,25-/m0/s1. The topological polar surface area (TPSA) is 474 Å². The summed E-state index contributed by atoms with van der Waals surface area (Å²) in [7, 11) is 0. The van der Waals surface area contributed by atoms with Crippen LogP contribution >= 0.6 is 25.3 Å². The second-order valence-corrected chi connectivity index (χ2v) is 15.0. The number of hydrogen-bond donors (Lipinski definition) is 18. The van der Waals surface area contributed by atoms with E-state index in [-0.39, 0.29) is 62.2 Å². The van der Waals surface area contributed by atoms with E-state index in [1.807, 2.05) is 0 Å². The Morgan fingerprint density at radius 3 is 1.30 bits per heavy atom. The van der Waals surface area contributed by atoms with Crippen LogP contribution in [0.3, 0.4) is 0 Å². The average molecular weight is 953 g/mol. The van der Waals surface area contributed by atoms with Crippen LogP contribution in [0.25, 0.3) is 0 Å². The molecule has 64 heavy (non-hydrogen) atoms. The van der Waals surface area contributed by atoms with Crippen molar-refractivity contribution in [1.29, 1.82) is 0 Å². The zero-order valence-electron chi connectivity index (χ0n) is 35.5. The molecule has 0 rings (SSSR count). The molecule has 0 aromatic heterocycles. The number of aliphatic hydroxyl groups excluding tert-OH is 2. The normalized spacial score (nSPS) is 15.0. The maximum absolute atomic E-state index is 14.0. The van der Waals surface area contributed by atoms with Crippen molar-refractivity contribution in [3.63, 3.8) is 0 Å². The second-order valence-electron chi connectivity index (χ2n) is 14.2. The molecule has 0 aromatic rings. The van der Waals surface area contributed by atoms with Gasteiger partial charge in [0.2, 0.25) is 41.4 Å². The number of carbonyl (C=O) groups excluding carboxylic acids is 7. The molecule has 0 fully saturated rings. The predicted octanol–water partition coefficient (Wildman–Crippen LogP) is -7.35. The quantitative estimate of drug-likeness (QED) is 0.0129. The van der Waals surface area contributed by atoms with Gasteiger partial charge in [-0.2, -0.15) is 25.3 Å². The van der Waals surface area contributed by atoms with Gasteiger partial charge in [-0.05, 0) is 38.0 Å². The van der Waals surface area contributed by atoms with E-state index < -0.39 is 134 Å². The lowest BCUT2D eigenvalue weighted by atomic mass is 9.97. The minimum absolute atomic E-state index is 0.0128. The van der Waals surface area contributed by atoms with Crippen LogP contribution in [0.1, 0.15) is 58.8 Å². The summed E-state index contributed by atoms with van der Waals surface area (Å²) in [5.74, 6) is -11.4. The first-order chi connectivity index (χ1) is 30.1. The van der Waals surface area contributed by atoms with E-state index in [1.165, 1.54) is 0 Å². The Labute approximate surface area is 379 Å². The van der Waals surface area contributed by atoms with Crippen molar-refractivity contribution >= 4 is 90.5 Å². The molecule has 0 saturated carbocycles. The Kier molecular flexibility index (Phi) is 28.5. The van der Waals surface area contributed by atoms with Gasteiger partial charge in [-0.1, -0.05) is 20.3 Å².